The van der Waals surface area contributed by atoms with Gasteiger partial charge in [-0.05, 0) is 30.2 Å². The van der Waals surface area contributed by atoms with E-state index in [0.717, 1.165) is 5.56 Å². The molecule has 2 rings (SSSR count). The quantitative estimate of drug-likeness (QED) is 0.633. The lowest BCUT2D eigenvalue weighted by atomic mass is 10.1. The molecule has 0 saturated carbocycles. The van der Waals surface area contributed by atoms with Gasteiger partial charge in [0.15, 0.2) is 11.5 Å². The Labute approximate surface area is 134 Å². The molecule has 23 heavy (non-hydrogen) atoms. The maximum atomic E-state index is 10.9. The molecule has 0 aliphatic rings. The van der Waals surface area contributed by atoms with Crippen molar-refractivity contribution in [3.8, 4) is 11.5 Å². The number of phenols is 1. The van der Waals surface area contributed by atoms with E-state index in [1.165, 1.54) is 13.2 Å². The van der Waals surface area contributed by atoms with Gasteiger partial charge in [-0.3, -0.25) is 10.1 Å². The van der Waals surface area contributed by atoms with Crippen LogP contribution in [-0.4, -0.2) is 17.1 Å². The normalized spacial score (nSPS) is 11.2. The summed E-state index contributed by atoms with van der Waals surface area (Å²) in [5, 5.41) is 20.4. The van der Waals surface area contributed by atoms with Crippen molar-refractivity contribution in [2.45, 2.75) is 6.42 Å². The summed E-state index contributed by atoms with van der Waals surface area (Å²) >= 11 is 0. The number of nitro groups is 1. The Balaban J connectivity index is 2.01. The van der Waals surface area contributed by atoms with Gasteiger partial charge >= 0.3 is 0 Å². The van der Waals surface area contributed by atoms with Crippen LogP contribution in [0.5, 0.6) is 11.5 Å². The number of nitro benzene ring substituents is 1. The molecule has 5 heteroatoms. The van der Waals surface area contributed by atoms with Crippen molar-refractivity contribution in [3.63, 3.8) is 0 Å². The van der Waals surface area contributed by atoms with Gasteiger partial charge in [0.2, 0.25) is 0 Å². The van der Waals surface area contributed by atoms with Crippen molar-refractivity contribution in [2.75, 3.05) is 7.11 Å². The molecule has 2 aromatic carbocycles. The lowest BCUT2D eigenvalue weighted by Gasteiger charge is -2.03. The maximum absolute atomic E-state index is 10.9. The van der Waals surface area contributed by atoms with E-state index in [4.69, 9.17) is 4.74 Å². The van der Waals surface area contributed by atoms with Gasteiger partial charge in [-0.25, -0.2) is 0 Å². The molecule has 0 aliphatic heterocycles. The third-order valence-electron chi connectivity index (χ3n) is 3.22. The molecular formula is C18H17NO4. The first-order valence-electron chi connectivity index (χ1n) is 7.05. The number of rotatable bonds is 6. The predicted octanol–water partition coefficient (Wildman–Crippen LogP) is 4.43. The third-order valence-corrected chi connectivity index (χ3v) is 3.22. The van der Waals surface area contributed by atoms with Crippen LogP contribution in [0, 0.1) is 10.1 Å². The summed E-state index contributed by atoms with van der Waals surface area (Å²) in [7, 11) is 1.50. The molecule has 0 bridgehead atoms. The fourth-order valence-electron chi connectivity index (χ4n) is 2.07. The zero-order valence-corrected chi connectivity index (χ0v) is 12.7. The number of nitrogens with zero attached hydrogens (tertiary/aromatic N) is 1. The first kappa shape index (κ1) is 16.3. The van der Waals surface area contributed by atoms with E-state index in [0.29, 0.717) is 17.7 Å². The van der Waals surface area contributed by atoms with Crippen LogP contribution >= 0.6 is 0 Å². The number of phenolic OH excluding ortho intramolecular Hbond substituents is 1. The van der Waals surface area contributed by atoms with E-state index in [2.05, 4.69) is 0 Å². The van der Waals surface area contributed by atoms with Crippen molar-refractivity contribution in [1.82, 2.24) is 0 Å². The Bertz CT molecular complexity index is 750. The average molecular weight is 311 g/mol. The van der Waals surface area contributed by atoms with E-state index in [1.807, 2.05) is 18.2 Å². The van der Waals surface area contributed by atoms with Gasteiger partial charge in [-0.1, -0.05) is 42.5 Å². The Morgan fingerprint density at radius 2 is 1.91 bits per heavy atom. The lowest BCUT2D eigenvalue weighted by Crippen LogP contribution is -1.90. The van der Waals surface area contributed by atoms with Crippen LogP contribution in [0.2, 0.25) is 0 Å². The van der Waals surface area contributed by atoms with Gasteiger partial charge in [-0.15, -0.1) is 0 Å². The molecule has 2 aromatic rings. The molecule has 0 aliphatic carbocycles. The molecule has 0 amide bonds. The van der Waals surface area contributed by atoms with Crippen LogP contribution in [0.3, 0.4) is 0 Å². The molecule has 0 atom stereocenters. The Morgan fingerprint density at radius 1 is 1.17 bits per heavy atom. The van der Waals surface area contributed by atoms with E-state index >= 15 is 0 Å². The highest BCUT2D eigenvalue weighted by atomic mass is 16.6. The van der Waals surface area contributed by atoms with Crippen LogP contribution in [0.4, 0.5) is 5.69 Å². The number of allylic oxidation sites excluding steroid dienone is 2. The summed E-state index contributed by atoms with van der Waals surface area (Å²) in [5.41, 5.74) is 1.58. The summed E-state index contributed by atoms with van der Waals surface area (Å²) < 4.78 is 5.04. The SMILES string of the molecule is COc1cc(C=CCC=Cc2ccccc2[N+](=O)[O-])ccc1O. The molecule has 0 heterocycles. The van der Waals surface area contributed by atoms with Gasteiger partial charge in [-0.2, -0.15) is 0 Å². The number of benzene rings is 2. The molecule has 0 aromatic heterocycles. The standard InChI is InChI=1S/C18H17NO4/c1-23-18-13-14(11-12-17(18)20)7-3-2-4-8-15-9-5-6-10-16(15)19(21)22/h3-13,20H,2H2,1H3. The third kappa shape index (κ3) is 4.44. The Hall–Kier alpha value is -3.08. The van der Waals surface area contributed by atoms with E-state index in [-0.39, 0.29) is 11.4 Å². The molecular weight excluding hydrogens is 294 g/mol. The van der Waals surface area contributed by atoms with Crippen molar-refractivity contribution in [1.29, 1.82) is 0 Å². The maximum Gasteiger partial charge on any atom is 0.276 e. The number of hydrogen-bond donors (Lipinski definition) is 1. The largest absolute Gasteiger partial charge is 0.504 e. The summed E-state index contributed by atoms with van der Waals surface area (Å²) in [6, 6.07) is 11.7. The number of hydrogen-bond acceptors (Lipinski definition) is 4. The van der Waals surface area contributed by atoms with Crippen LogP contribution < -0.4 is 4.74 Å². The van der Waals surface area contributed by atoms with Gasteiger partial charge in [0.1, 0.15) is 0 Å². The van der Waals surface area contributed by atoms with E-state index in [9.17, 15) is 15.2 Å². The van der Waals surface area contributed by atoms with Crippen molar-refractivity contribution < 1.29 is 14.8 Å². The fraction of sp³-hybridized carbons (Fsp3) is 0.111. The Morgan fingerprint density at radius 3 is 2.65 bits per heavy atom. The molecule has 1 N–H and O–H groups in total. The van der Waals surface area contributed by atoms with Crippen molar-refractivity contribution in [3.05, 3.63) is 75.9 Å². The zero-order valence-electron chi connectivity index (χ0n) is 12.7. The predicted molar refractivity (Wildman–Crippen MR) is 90.4 cm³/mol. The molecule has 0 unspecified atom stereocenters. The fourth-order valence-corrected chi connectivity index (χ4v) is 2.07. The number of aromatic hydroxyl groups is 1. The van der Waals surface area contributed by atoms with Crippen LogP contribution in [0.15, 0.2) is 54.6 Å². The minimum atomic E-state index is -0.391. The second-order valence-electron chi connectivity index (χ2n) is 4.79. The van der Waals surface area contributed by atoms with Crippen molar-refractivity contribution >= 4 is 17.8 Å². The molecule has 5 nitrogen and oxygen atoms in total. The first-order chi connectivity index (χ1) is 11.1. The molecule has 0 fully saturated rings. The van der Waals surface area contributed by atoms with Gasteiger partial charge in [0, 0.05) is 6.07 Å². The first-order valence-corrected chi connectivity index (χ1v) is 7.05. The Kier molecular flexibility index (Phi) is 5.52. The zero-order chi connectivity index (χ0) is 16.7. The summed E-state index contributed by atoms with van der Waals surface area (Å²) in [6.07, 6.45) is 8.05. The van der Waals surface area contributed by atoms with Crippen LogP contribution in [0.25, 0.3) is 12.2 Å². The van der Waals surface area contributed by atoms with E-state index < -0.39 is 4.92 Å². The average Bonchev–Trinajstić information content (AvgIpc) is 2.56. The summed E-state index contributed by atoms with van der Waals surface area (Å²) in [4.78, 5) is 10.5. The lowest BCUT2D eigenvalue weighted by molar-refractivity contribution is -0.385. The number of methoxy groups -OCH3 is 1. The van der Waals surface area contributed by atoms with Crippen molar-refractivity contribution in [2.24, 2.45) is 0 Å². The van der Waals surface area contributed by atoms with Crippen LogP contribution in [-0.2, 0) is 0 Å². The highest BCUT2D eigenvalue weighted by molar-refractivity contribution is 5.61. The second-order valence-corrected chi connectivity index (χ2v) is 4.79. The minimum Gasteiger partial charge on any atom is -0.504 e. The summed E-state index contributed by atoms with van der Waals surface area (Å²) in [5.74, 6) is 0.517. The van der Waals surface area contributed by atoms with Gasteiger partial charge < -0.3 is 9.84 Å². The molecule has 0 spiro atoms. The highest BCUT2D eigenvalue weighted by Crippen LogP contribution is 2.26. The highest BCUT2D eigenvalue weighted by Gasteiger charge is 2.08. The number of ether oxygens (including phenoxy) is 1. The summed E-state index contributed by atoms with van der Waals surface area (Å²) in [6.45, 7) is 0. The smallest absolute Gasteiger partial charge is 0.276 e. The molecule has 0 radical (unpaired) electrons. The molecule has 118 valence electrons. The van der Waals surface area contributed by atoms with E-state index in [1.54, 1.807) is 42.5 Å². The minimum absolute atomic E-state index is 0.0935. The second kappa shape index (κ2) is 7.79. The topological polar surface area (TPSA) is 72.6 Å². The van der Waals surface area contributed by atoms with Crippen LogP contribution in [0.1, 0.15) is 17.5 Å². The number of para-hydroxylation sites is 1. The van der Waals surface area contributed by atoms with Gasteiger partial charge in [0.25, 0.3) is 5.69 Å². The van der Waals surface area contributed by atoms with Gasteiger partial charge in [0.05, 0.1) is 17.6 Å². The molecule has 0 saturated heterocycles. The monoisotopic (exact) mass is 311 g/mol.